The highest BCUT2D eigenvalue weighted by Crippen LogP contribution is 2.39. The molecule has 1 saturated heterocycles. The summed E-state index contributed by atoms with van der Waals surface area (Å²) in [6.45, 7) is 8.39. The Balaban J connectivity index is 1.45. The monoisotopic (exact) mass is 681 g/mol. The molecular weight excluding hydrogens is 636 g/mol. The third kappa shape index (κ3) is 10.4. The SMILES string of the molecule is CCOc1cc(C(F)(F)C(NSc2ccc(OCC3CCCCC3)cc2)C(=O)N2CCC(NC(=O)OC(C)(C)C)CC2)ccc1Cl. The minimum absolute atomic E-state index is 0.123. The van der Waals surface area contributed by atoms with Crippen molar-refractivity contribution in [1.29, 1.82) is 0 Å². The van der Waals surface area contributed by atoms with Gasteiger partial charge in [-0.2, -0.15) is 8.78 Å². The summed E-state index contributed by atoms with van der Waals surface area (Å²) in [4.78, 5) is 28.1. The van der Waals surface area contributed by atoms with Crippen molar-refractivity contribution < 1.29 is 32.6 Å². The van der Waals surface area contributed by atoms with Crippen LogP contribution < -0.4 is 19.5 Å². The Morgan fingerprint density at radius 3 is 2.30 bits per heavy atom. The first kappa shape index (κ1) is 36.1. The van der Waals surface area contributed by atoms with E-state index in [-0.39, 0.29) is 42.1 Å². The van der Waals surface area contributed by atoms with Crippen LogP contribution in [0.15, 0.2) is 47.4 Å². The van der Waals surface area contributed by atoms with Crippen molar-refractivity contribution in [1.82, 2.24) is 14.9 Å². The van der Waals surface area contributed by atoms with E-state index in [1.807, 2.05) is 12.1 Å². The fraction of sp³-hybridized carbons (Fsp3) is 0.588. The van der Waals surface area contributed by atoms with Crippen LogP contribution in [0.4, 0.5) is 13.6 Å². The number of carbonyl (C=O) groups is 2. The molecule has 2 N–H and O–H groups in total. The van der Waals surface area contributed by atoms with Crippen LogP contribution in [0.2, 0.25) is 5.02 Å². The predicted octanol–water partition coefficient (Wildman–Crippen LogP) is 7.97. The minimum atomic E-state index is -3.62. The first-order valence-corrected chi connectivity index (χ1v) is 17.3. The lowest BCUT2D eigenvalue weighted by Gasteiger charge is -2.36. The van der Waals surface area contributed by atoms with E-state index in [1.165, 1.54) is 55.2 Å². The fourth-order valence-electron chi connectivity index (χ4n) is 5.62. The summed E-state index contributed by atoms with van der Waals surface area (Å²) in [5.41, 5.74) is -1.03. The first-order chi connectivity index (χ1) is 21.9. The number of alkyl halides is 2. The number of rotatable bonds is 12. The molecule has 12 heteroatoms. The van der Waals surface area contributed by atoms with Crippen LogP contribution in [0.25, 0.3) is 0 Å². The van der Waals surface area contributed by atoms with E-state index in [9.17, 15) is 9.59 Å². The Morgan fingerprint density at radius 2 is 1.67 bits per heavy atom. The number of nitrogens with zero attached hydrogens (tertiary/aromatic N) is 1. The molecule has 46 heavy (non-hydrogen) atoms. The second-order valence-electron chi connectivity index (χ2n) is 12.9. The van der Waals surface area contributed by atoms with Crippen LogP contribution in [-0.2, 0) is 15.5 Å². The van der Waals surface area contributed by atoms with E-state index in [2.05, 4.69) is 10.0 Å². The predicted molar refractivity (Wildman–Crippen MR) is 177 cm³/mol. The quantitative estimate of drug-likeness (QED) is 0.220. The van der Waals surface area contributed by atoms with Crippen molar-refractivity contribution in [2.75, 3.05) is 26.3 Å². The number of hydrogen-bond donors (Lipinski definition) is 2. The number of likely N-dealkylation sites (tertiary alicyclic amines) is 1. The molecule has 1 unspecified atom stereocenters. The molecule has 1 aliphatic heterocycles. The number of nitrogens with one attached hydrogen (secondary N) is 2. The van der Waals surface area contributed by atoms with Gasteiger partial charge in [-0.25, -0.2) is 9.52 Å². The maximum atomic E-state index is 16.3. The topological polar surface area (TPSA) is 89.1 Å². The van der Waals surface area contributed by atoms with E-state index in [1.54, 1.807) is 39.8 Å². The molecule has 8 nitrogen and oxygen atoms in total. The van der Waals surface area contributed by atoms with Gasteiger partial charge in [0, 0.05) is 29.6 Å². The van der Waals surface area contributed by atoms with Crippen molar-refractivity contribution in [2.45, 2.75) is 101 Å². The molecule has 2 aliphatic rings. The zero-order valence-corrected chi connectivity index (χ0v) is 28.7. The van der Waals surface area contributed by atoms with Crippen LogP contribution in [0.1, 0.15) is 78.2 Å². The second-order valence-corrected chi connectivity index (χ2v) is 14.2. The number of piperidine rings is 1. The van der Waals surface area contributed by atoms with Gasteiger partial charge in [0.2, 0.25) is 5.91 Å². The van der Waals surface area contributed by atoms with Crippen LogP contribution in [0, 0.1) is 5.92 Å². The number of alkyl carbamates (subject to hydrolysis) is 1. The number of carbonyl (C=O) groups excluding carboxylic acids is 2. The Hall–Kier alpha value is -2.76. The molecule has 0 spiro atoms. The smallest absolute Gasteiger partial charge is 0.407 e. The van der Waals surface area contributed by atoms with Gasteiger partial charge in [0.15, 0.2) is 6.04 Å². The number of hydrogen-bond acceptors (Lipinski definition) is 7. The molecule has 2 amide bonds. The number of benzene rings is 2. The van der Waals surface area contributed by atoms with Crippen molar-refractivity contribution in [3.8, 4) is 11.5 Å². The highest BCUT2D eigenvalue weighted by molar-refractivity contribution is 7.97. The molecule has 2 fully saturated rings. The van der Waals surface area contributed by atoms with Gasteiger partial charge >= 0.3 is 6.09 Å². The van der Waals surface area contributed by atoms with Crippen molar-refractivity contribution in [3.63, 3.8) is 0 Å². The summed E-state index contributed by atoms with van der Waals surface area (Å²) in [6, 6.07) is 8.84. The highest BCUT2D eigenvalue weighted by atomic mass is 35.5. The molecule has 1 saturated carbocycles. The summed E-state index contributed by atoms with van der Waals surface area (Å²) in [5, 5.41) is 3.02. The lowest BCUT2D eigenvalue weighted by Crippen LogP contribution is -2.56. The van der Waals surface area contributed by atoms with E-state index >= 15 is 8.78 Å². The van der Waals surface area contributed by atoms with Crippen LogP contribution >= 0.6 is 23.5 Å². The lowest BCUT2D eigenvalue weighted by molar-refractivity contribution is -0.145. The minimum Gasteiger partial charge on any atom is -0.493 e. The third-order valence-corrected chi connectivity index (χ3v) is 9.26. The average molecular weight is 682 g/mol. The van der Waals surface area contributed by atoms with E-state index in [0.29, 0.717) is 30.3 Å². The van der Waals surface area contributed by atoms with E-state index < -0.39 is 29.6 Å². The Kier molecular flexibility index (Phi) is 12.8. The Labute approximate surface area is 280 Å². The number of ether oxygens (including phenoxy) is 3. The van der Waals surface area contributed by atoms with Gasteiger partial charge in [0.25, 0.3) is 5.92 Å². The molecule has 2 aromatic carbocycles. The summed E-state index contributed by atoms with van der Waals surface area (Å²) in [5.74, 6) is -2.95. The van der Waals surface area contributed by atoms with Crippen molar-refractivity contribution in [2.24, 2.45) is 5.92 Å². The standard InChI is InChI=1S/C34H46ClF2N3O5S/c1-5-43-29-21-24(11-16-28(29)35)34(36,37)30(31(41)40-19-17-25(18-20-40)38-32(42)45-33(2,3)4)39-46-27-14-12-26(13-15-27)44-22-23-9-7-6-8-10-23/h11-16,21,23,25,30,39H,5-10,17-20,22H2,1-4H3,(H,38,42). The lowest BCUT2D eigenvalue weighted by atomic mass is 9.90. The third-order valence-electron chi connectivity index (χ3n) is 8.08. The van der Waals surface area contributed by atoms with E-state index in [0.717, 1.165) is 17.7 Å². The van der Waals surface area contributed by atoms with Gasteiger partial charge in [-0.1, -0.05) is 36.9 Å². The van der Waals surface area contributed by atoms with Crippen LogP contribution in [0.3, 0.4) is 0 Å². The number of amides is 2. The highest BCUT2D eigenvalue weighted by Gasteiger charge is 2.48. The summed E-state index contributed by atoms with van der Waals surface area (Å²) < 4.78 is 52.2. The Bertz CT molecular complexity index is 1300. The van der Waals surface area contributed by atoms with Crippen molar-refractivity contribution in [3.05, 3.63) is 53.1 Å². The maximum absolute atomic E-state index is 16.3. The van der Waals surface area contributed by atoms with Gasteiger partial charge in [0.1, 0.15) is 17.1 Å². The largest absolute Gasteiger partial charge is 0.493 e. The summed E-state index contributed by atoms with van der Waals surface area (Å²) in [6.07, 6.45) is 6.40. The summed E-state index contributed by atoms with van der Waals surface area (Å²) >= 11 is 7.15. The zero-order valence-electron chi connectivity index (χ0n) is 27.1. The molecule has 1 atom stereocenters. The summed E-state index contributed by atoms with van der Waals surface area (Å²) in [7, 11) is 0. The normalized spacial score (nSPS) is 17.3. The molecule has 254 valence electrons. The number of halogens is 3. The van der Waals surface area contributed by atoms with Crippen LogP contribution in [0.5, 0.6) is 11.5 Å². The second kappa shape index (κ2) is 16.4. The zero-order chi connectivity index (χ0) is 33.3. The molecule has 2 aromatic rings. The molecular formula is C34H46ClF2N3O5S. The molecule has 4 rings (SSSR count). The van der Waals surface area contributed by atoms with Crippen LogP contribution in [-0.4, -0.2) is 60.9 Å². The van der Waals surface area contributed by atoms with Gasteiger partial charge in [-0.05, 0) is 108 Å². The van der Waals surface area contributed by atoms with Gasteiger partial charge in [0.05, 0.1) is 18.2 Å². The molecule has 1 heterocycles. The molecule has 0 radical (unpaired) electrons. The van der Waals surface area contributed by atoms with E-state index in [4.69, 9.17) is 25.8 Å². The molecule has 0 aromatic heterocycles. The van der Waals surface area contributed by atoms with Gasteiger partial charge < -0.3 is 24.4 Å². The Morgan fingerprint density at radius 1 is 1.00 bits per heavy atom. The fourth-order valence-corrected chi connectivity index (χ4v) is 6.57. The van der Waals surface area contributed by atoms with Gasteiger partial charge in [-0.3, -0.25) is 4.79 Å². The first-order valence-electron chi connectivity index (χ1n) is 16.1. The molecule has 1 aliphatic carbocycles. The van der Waals surface area contributed by atoms with Gasteiger partial charge in [-0.15, -0.1) is 0 Å². The average Bonchev–Trinajstić information content (AvgIpc) is 3.01. The maximum Gasteiger partial charge on any atom is 0.407 e. The van der Waals surface area contributed by atoms with Crippen molar-refractivity contribution >= 4 is 35.5 Å². The molecule has 0 bridgehead atoms.